The van der Waals surface area contributed by atoms with Crippen LogP contribution in [0.1, 0.15) is 18.4 Å². The highest BCUT2D eigenvalue weighted by atomic mass is 35.5. The zero-order valence-corrected chi connectivity index (χ0v) is 17.1. The number of nitrogens with zero attached hydrogens (tertiary/aromatic N) is 3. The second-order valence-electron chi connectivity index (χ2n) is 7.34. The number of amides is 1. The van der Waals surface area contributed by atoms with Crippen molar-refractivity contribution in [2.75, 3.05) is 23.3 Å². The largest absolute Gasteiger partial charge is 0.356 e. The predicted octanol–water partition coefficient (Wildman–Crippen LogP) is 4.96. The van der Waals surface area contributed by atoms with Crippen LogP contribution in [-0.4, -0.2) is 29.0 Å². The summed E-state index contributed by atoms with van der Waals surface area (Å²) in [4.78, 5) is 23.8. The molecule has 1 N–H and O–H groups in total. The molecular weight excluding hydrogens is 384 g/mol. The maximum absolute atomic E-state index is 12.7. The summed E-state index contributed by atoms with van der Waals surface area (Å²) in [7, 11) is 0. The van der Waals surface area contributed by atoms with Crippen molar-refractivity contribution in [3.05, 3.63) is 71.5 Å². The first-order valence-corrected chi connectivity index (χ1v) is 10.2. The van der Waals surface area contributed by atoms with Crippen LogP contribution in [0.2, 0.25) is 5.02 Å². The van der Waals surface area contributed by atoms with Crippen LogP contribution in [0.4, 0.5) is 11.5 Å². The zero-order chi connectivity index (χ0) is 20.2. The van der Waals surface area contributed by atoms with Gasteiger partial charge in [0, 0.05) is 41.3 Å². The van der Waals surface area contributed by atoms with Crippen LogP contribution in [0.25, 0.3) is 11.3 Å². The van der Waals surface area contributed by atoms with Gasteiger partial charge in [-0.05, 0) is 37.5 Å². The van der Waals surface area contributed by atoms with E-state index in [1.165, 1.54) is 0 Å². The van der Waals surface area contributed by atoms with E-state index >= 15 is 0 Å². The Morgan fingerprint density at radius 2 is 1.83 bits per heavy atom. The Morgan fingerprint density at radius 1 is 1.07 bits per heavy atom. The highest BCUT2D eigenvalue weighted by Gasteiger charge is 2.26. The van der Waals surface area contributed by atoms with E-state index in [-0.39, 0.29) is 11.8 Å². The average molecular weight is 407 g/mol. The van der Waals surface area contributed by atoms with Gasteiger partial charge in [0.05, 0.1) is 5.69 Å². The number of aryl methyl sites for hydroxylation is 1. The minimum Gasteiger partial charge on any atom is -0.356 e. The van der Waals surface area contributed by atoms with E-state index in [4.69, 9.17) is 11.6 Å². The molecule has 0 radical (unpaired) electrons. The molecule has 0 aliphatic carbocycles. The van der Waals surface area contributed by atoms with Gasteiger partial charge in [0.1, 0.15) is 12.1 Å². The second kappa shape index (κ2) is 8.62. The molecular formula is C23H23ClN4O. The van der Waals surface area contributed by atoms with Gasteiger partial charge in [-0.2, -0.15) is 0 Å². The molecule has 29 heavy (non-hydrogen) atoms. The van der Waals surface area contributed by atoms with Gasteiger partial charge in [-0.25, -0.2) is 9.97 Å². The Kier molecular flexibility index (Phi) is 5.76. The van der Waals surface area contributed by atoms with Gasteiger partial charge in [-0.1, -0.05) is 48.0 Å². The summed E-state index contributed by atoms with van der Waals surface area (Å²) in [5.41, 5.74) is 3.78. The van der Waals surface area contributed by atoms with Crippen LogP contribution in [0.5, 0.6) is 0 Å². The molecule has 0 bridgehead atoms. The molecule has 1 aliphatic rings. The Bertz CT molecular complexity index is 1000. The Labute approximate surface area is 175 Å². The van der Waals surface area contributed by atoms with Crippen molar-refractivity contribution in [1.82, 2.24) is 9.97 Å². The van der Waals surface area contributed by atoms with Crippen molar-refractivity contribution in [3.8, 4) is 11.3 Å². The van der Waals surface area contributed by atoms with Crippen molar-refractivity contribution < 1.29 is 4.79 Å². The lowest BCUT2D eigenvalue weighted by atomic mass is 9.95. The number of anilines is 2. The van der Waals surface area contributed by atoms with Crippen LogP contribution in [0.3, 0.4) is 0 Å². The number of hydrogen-bond donors (Lipinski definition) is 1. The molecule has 1 fully saturated rings. The molecule has 2 heterocycles. The number of halogens is 1. The molecule has 2 aromatic carbocycles. The third-order valence-electron chi connectivity index (χ3n) is 5.37. The minimum atomic E-state index is -0.0138. The first kappa shape index (κ1) is 19.4. The molecule has 1 aliphatic heterocycles. The monoisotopic (exact) mass is 406 g/mol. The molecule has 3 aromatic rings. The number of carbonyl (C=O) groups is 1. The van der Waals surface area contributed by atoms with E-state index in [0.29, 0.717) is 5.02 Å². The first-order valence-electron chi connectivity index (χ1n) is 9.79. The molecule has 0 saturated carbocycles. The quantitative estimate of drug-likeness (QED) is 0.665. The molecule has 1 amide bonds. The maximum atomic E-state index is 12.7. The van der Waals surface area contributed by atoms with Crippen LogP contribution in [-0.2, 0) is 4.79 Å². The van der Waals surface area contributed by atoms with E-state index in [0.717, 1.165) is 54.3 Å². The fourth-order valence-corrected chi connectivity index (χ4v) is 3.79. The number of rotatable bonds is 4. The van der Waals surface area contributed by atoms with Crippen molar-refractivity contribution >= 4 is 29.0 Å². The summed E-state index contributed by atoms with van der Waals surface area (Å²) < 4.78 is 0. The Morgan fingerprint density at radius 3 is 2.59 bits per heavy atom. The van der Waals surface area contributed by atoms with Crippen molar-refractivity contribution in [3.63, 3.8) is 0 Å². The predicted molar refractivity (Wildman–Crippen MR) is 117 cm³/mol. The third-order valence-corrected chi connectivity index (χ3v) is 5.60. The number of carbonyl (C=O) groups excluding carboxylic acids is 1. The zero-order valence-electron chi connectivity index (χ0n) is 16.3. The number of aromatic nitrogens is 2. The summed E-state index contributed by atoms with van der Waals surface area (Å²) in [6.07, 6.45) is 3.19. The molecule has 0 unspecified atom stereocenters. The highest BCUT2D eigenvalue weighted by molar-refractivity contribution is 6.31. The van der Waals surface area contributed by atoms with E-state index < -0.39 is 0 Å². The lowest BCUT2D eigenvalue weighted by molar-refractivity contribution is -0.120. The maximum Gasteiger partial charge on any atom is 0.227 e. The molecule has 1 saturated heterocycles. The molecule has 0 atom stereocenters. The van der Waals surface area contributed by atoms with Crippen LogP contribution in [0.15, 0.2) is 60.9 Å². The van der Waals surface area contributed by atoms with Crippen LogP contribution < -0.4 is 10.2 Å². The topological polar surface area (TPSA) is 58.1 Å². The van der Waals surface area contributed by atoms with Gasteiger partial charge in [0.2, 0.25) is 5.91 Å². The molecule has 0 spiro atoms. The van der Waals surface area contributed by atoms with Gasteiger partial charge in [-0.3, -0.25) is 4.79 Å². The third kappa shape index (κ3) is 4.57. The van der Waals surface area contributed by atoms with Gasteiger partial charge >= 0.3 is 0 Å². The Hall–Kier alpha value is -2.92. The standard InChI is InChI=1S/C23H23ClN4O/c1-16-7-8-19(24)13-20(16)27-23(29)18-9-11-28(12-10-18)22-14-21(25-15-26-22)17-5-3-2-4-6-17/h2-8,13-15,18H,9-12H2,1H3,(H,27,29). The van der Waals surface area contributed by atoms with Crippen LogP contribution >= 0.6 is 11.6 Å². The lowest BCUT2D eigenvalue weighted by Gasteiger charge is -2.32. The average Bonchev–Trinajstić information content (AvgIpc) is 2.77. The molecule has 148 valence electrons. The van der Waals surface area contributed by atoms with Gasteiger partial charge in [-0.15, -0.1) is 0 Å². The van der Waals surface area contributed by atoms with Gasteiger partial charge in [0.25, 0.3) is 0 Å². The number of hydrogen-bond acceptors (Lipinski definition) is 4. The van der Waals surface area contributed by atoms with Crippen molar-refractivity contribution in [1.29, 1.82) is 0 Å². The summed E-state index contributed by atoms with van der Waals surface area (Å²) in [5.74, 6) is 0.950. The van der Waals surface area contributed by atoms with Crippen molar-refractivity contribution in [2.24, 2.45) is 5.92 Å². The highest BCUT2D eigenvalue weighted by Crippen LogP contribution is 2.27. The van der Waals surface area contributed by atoms with Gasteiger partial charge < -0.3 is 10.2 Å². The van der Waals surface area contributed by atoms with Crippen molar-refractivity contribution in [2.45, 2.75) is 19.8 Å². The SMILES string of the molecule is Cc1ccc(Cl)cc1NC(=O)C1CCN(c2cc(-c3ccccc3)ncn2)CC1. The lowest BCUT2D eigenvalue weighted by Crippen LogP contribution is -2.38. The first-order chi connectivity index (χ1) is 14.1. The number of nitrogens with one attached hydrogen (secondary N) is 1. The van der Waals surface area contributed by atoms with Gasteiger partial charge in [0.15, 0.2) is 0 Å². The van der Waals surface area contributed by atoms with E-state index in [9.17, 15) is 4.79 Å². The second-order valence-corrected chi connectivity index (χ2v) is 7.77. The normalized spacial score (nSPS) is 14.6. The minimum absolute atomic E-state index is 0.0138. The van der Waals surface area contributed by atoms with Crippen LogP contribution in [0, 0.1) is 12.8 Å². The molecule has 4 rings (SSSR count). The summed E-state index contributed by atoms with van der Waals surface area (Å²) in [5, 5.41) is 3.66. The summed E-state index contributed by atoms with van der Waals surface area (Å²) in [6, 6.07) is 17.6. The fourth-order valence-electron chi connectivity index (χ4n) is 3.62. The molecule has 5 nitrogen and oxygen atoms in total. The molecule has 6 heteroatoms. The summed E-state index contributed by atoms with van der Waals surface area (Å²) >= 11 is 6.06. The molecule has 1 aromatic heterocycles. The number of piperidine rings is 1. The van der Waals surface area contributed by atoms with E-state index in [1.54, 1.807) is 12.4 Å². The smallest absolute Gasteiger partial charge is 0.227 e. The fraction of sp³-hybridized carbons (Fsp3) is 0.261. The van der Waals surface area contributed by atoms with E-state index in [1.807, 2.05) is 55.5 Å². The Balaban J connectivity index is 1.39. The van der Waals surface area contributed by atoms with E-state index in [2.05, 4.69) is 20.2 Å². The number of benzene rings is 2. The summed E-state index contributed by atoms with van der Waals surface area (Å²) in [6.45, 7) is 3.55.